The van der Waals surface area contributed by atoms with Crippen molar-refractivity contribution >= 4 is 17.6 Å². The lowest BCUT2D eigenvalue weighted by Crippen LogP contribution is -2.38. The fraction of sp³-hybridized carbons (Fsp3) is 0.630. The molecule has 6 nitrogen and oxygen atoms in total. The van der Waals surface area contributed by atoms with Gasteiger partial charge < -0.3 is 20.1 Å². The monoisotopic (exact) mass is 456 g/mol. The van der Waals surface area contributed by atoms with Crippen molar-refractivity contribution < 1.29 is 19.4 Å². The maximum atomic E-state index is 12.6. The standard InChI is InChI=1S/C27H40N2O4/c1-2-29(21-12-6-5-7-13-21)26(30)20-28-19-11-10-15-23-22(24-17-18-25(23)33-24)14-8-3-4-9-16-27(31)32/h3,5-8,12-13,22-25,28H,2,4,9-11,14-20H2,1H3,(H,31,32)/b8-3-/t22-,23+,24-,25+/m1/s1. The predicted molar refractivity (Wildman–Crippen MR) is 131 cm³/mol. The molecule has 2 aliphatic heterocycles. The van der Waals surface area contributed by atoms with Gasteiger partial charge in [0.1, 0.15) is 0 Å². The molecular weight excluding hydrogens is 416 g/mol. The number of benzene rings is 1. The van der Waals surface area contributed by atoms with E-state index in [1.54, 1.807) is 0 Å². The zero-order valence-electron chi connectivity index (χ0n) is 20.0. The maximum Gasteiger partial charge on any atom is 0.303 e. The Kier molecular flexibility index (Phi) is 10.4. The highest BCUT2D eigenvalue weighted by atomic mass is 16.5. The van der Waals surface area contributed by atoms with Crippen LogP contribution in [-0.2, 0) is 14.3 Å². The highest BCUT2D eigenvalue weighted by Crippen LogP contribution is 2.47. The third-order valence-corrected chi connectivity index (χ3v) is 7.03. The van der Waals surface area contributed by atoms with Crippen molar-refractivity contribution in [3.8, 4) is 0 Å². The largest absolute Gasteiger partial charge is 0.481 e. The number of fused-ring (bicyclic) bond motifs is 2. The van der Waals surface area contributed by atoms with E-state index in [1.165, 1.54) is 19.3 Å². The van der Waals surface area contributed by atoms with Gasteiger partial charge in [-0.3, -0.25) is 9.59 Å². The average molecular weight is 457 g/mol. The zero-order chi connectivity index (χ0) is 23.5. The van der Waals surface area contributed by atoms with Crippen LogP contribution in [0.5, 0.6) is 0 Å². The lowest BCUT2D eigenvalue weighted by molar-refractivity contribution is -0.137. The molecule has 2 saturated heterocycles. The Balaban J connectivity index is 1.32. The van der Waals surface area contributed by atoms with Gasteiger partial charge in [0.15, 0.2) is 0 Å². The van der Waals surface area contributed by atoms with Crippen LogP contribution in [0.4, 0.5) is 5.69 Å². The van der Waals surface area contributed by atoms with E-state index in [0.29, 0.717) is 43.6 Å². The zero-order valence-corrected chi connectivity index (χ0v) is 20.0. The number of rotatable bonds is 15. The molecule has 2 bridgehead atoms. The number of para-hydroxylation sites is 1. The molecule has 0 aromatic heterocycles. The van der Waals surface area contributed by atoms with Crippen LogP contribution in [-0.4, -0.2) is 48.8 Å². The first-order chi connectivity index (χ1) is 16.1. The molecule has 0 saturated carbocycles. The molecule has 3 rings (SSSR count). The summed E-state index contributed by atoms with van der Waals surface area (Å²) >= 11 is 0. The van der Waals surface area contributed by atoms with E-state index < -0.39 is 5.97 Å². The molecule has 0 radical (unpaired) electrons. The number of allylic oxidation sites excluding steroid dienone is 2. The summed E-state index contributed by atoms with van der Waals surface area (Å²) in [4.78, 5) is 25.0. The number of nitrogens with zero attached hydrogens (tertiary/aromatic N) is 1. The van der Waals surface area contributed by atoms with Crippen molar-refractivity contribution in [1.29, 1.82) is 0 Å². The number of unbranched alkanes of at least 4 members (excludes halogenated alkanes) is 2. The van der Waals surface area contributed by atoms with Gasteiger partial charge in [-0.15, -0.1) is 0 Å². The van der Waals surface area contributed by atoms with Crippen molar-refractivity contribution in [2.75, 3.05) is 24.5 Å². The molecular formula is C27H40N2O4. The number of hydrogen-bond donors (Lipinski definition) is 2. The second-order valence-electron chi connectivity index (χ2n) is 9.26. The summed E-state index contributed by atoms with van der Waals surface area (Å²) in [6.45, 7) is 3.90. The summed E-state index contributed by atoms with van der Waals surface area (Å²) in [5, 5.41) is 12.1. The molecule has 2 N–H and O–H groups in total. The quantitative estimate of drug-likeness (QED) is 0.293. The van der Waals surface area contributed by atoms with E-state index in [0.717, 1.165) is 37.9 Å². The van der Waals surface area contributed by atoms with Crippen LogP contribution < -0.4 is 10.2 Å². The molecule has 1 aromatic carbocycles. The fourth-order valence-electron chi connectivity index (χ4n) is 5.37. The number of carboxylic acids is 1. The normalized spacial score (nSPS) is 23.9. The van der Waals surface area contributed by atoms with Crippen molar-refractivity contribution in [1.82, 2.24) is 5.32 Å². The van der Waals surface area contributed by atoms with Gasteiger partial charge in [-0.05, 0) is 82.4 Å². The molecule has 0 spiro atoms. The second kappa shape index (κ2) is 13.5. The van der Waals surface area contributed by atoms with Gasteiger partial charge in [0.2, 0.25) is 5.91 Å². The molecule has 182 valence electrons. The smallest absolute Gasteiger partial charge is 0.303 e. The minimum Gasteiger partial charge on any atom is -0.481 e. The van der Waals surface area contributed by atoms with Crippen LogP contribution in [0.1, 0.15) is 64.7 Å². The van der Waals surface area contributed by atoms with Crippen LogP contribution in [0, 0.1) is 11.8 Å². The Morgan fingerprint density at radius 1 is 1.09 bits per heavy atom. The number of hydrogen-bond acceptors (Lipinski definition) is 4. The third-order valence-electron chi connectivity index (χ3n) is 7.03. The van der Waals surface area contributed by atoms with E-state index >= 15 is 0 Å². The number of carboxylic acid groups (broad SMARTS) is 1. The first-order valence-electron chi connectivity index (χ1n) is 12.7. The van der Waals surface area contributed by atoms with Gasteiger partial charge in [0.25, 0.3) is 0 Å². The van der Waals surface area contributed by atoms with Crippen LogP contribution in [0.2, 0.25) is 0 Å². The SMILES string of the molecule is CCN(C(=O)CNCCCC[C@H]1[C@@H](C/C=C\CCCC(=O)O)[C@H]2CC[C@@H]1O2)c1ccccc1. The van der Waals surface area contributed by atoms with Crippen LogP contribution >= 0.6 is 0 Å². The number of nitrogens with one attached hydrogen (secondary N) is 1. The van der Waals surface area contributed by atoms with E-state index in [9.17, 15) is 9.59 Å². The molecule has 1 amide bonds. The van der Waals surface area contributed by atoms with Gasteiger partial charge in [-0.2, -0.15) is 0 Å². The highest BCUT2D eigenvalue weighted by molar-refractivity contribution is 5.94. The average Bonchev–Trinajstić information content (AvgIpc) is 3.41. The number of carbonyl (C=O) groups is 2. The van der Waals surface area contributed by atoms with Gasteiger partial charge in [-0.25, -0.2) is 0 Å². The summed E-state index contributed by atoms with van der Waals surface area (Å²) in [6, 6.07) is 9.83. The Labute approximate surface area is 198 Å². The van der Waals surface area contributed by atoms with Gasteiger partial charge in [0, 0.05) is 18.7 Å². The molecule has 33 heavy (non-hydrogen) atoms. The van der Waals surface area contributed by atoms with Crippen molar-refractivity contribution in [2.24, 2.45) is 11.8 Å². The number of amides is 1. The van der Waals surface area contributed by atoms with E-state index in [-0.39, 0.29) is 12.3 Å². The van der Waals surface area contributed by atoms with Gasteiger partial charge >= 0.3 is 5.97 Å². The minimum atomic E-state index is -0.720. The summed E-state index contributed by atoms with van der Waals surface area (Å²) < 4.78 is 6.22. The van der Waals surface area contributed by atoms with E-state index in [4.69, 9.17) is 9.84 Å². The summed E-state index contributed by atoms with van der Waals surface area (Å²) in [6.07, 6.45) is 13.8. The maximum absolute atomic E-state index is 12.6. The topological polar surface area (TPSA) is 78.9 Å². The number of aliphatic carboxylic acids is 1. The minimum absolute atomic E-state index is 0.111. The van der Waals surface area contributed by atoms with Crippen LogP contribution in [0.15, 0.2) is 42.5 Å². The lowest BCUT2D eigenvalue weighted by Gasteiger charge is -2.27. The lowest BCUT2D eigenvalue weighted by atomic mass is 9.75. The number of ether oxygens (including phenoxy) is 1. The van der Waals surface area contributed by atoms with Gasteiger partial charge in [-0.1, -0.05) is 36.8 Å². The predicted octanol–water partition coefficient (Wildman–Crippen LogP) is 4.79. The van der Waals surface area contributed by atoms with E-state index in [2.05, 4.69) is 17.5 Å². The molecule has 4 atom stereocenters. The molecule has 2 heterocycles. The Morgan fingerprint density at radius 3 is 2.58 bits per heavy atom. The molecule has 0 unspecified atom stereocenters. The summed E-state index contributed by atoms with van der Waals surface area (Å²) in [5.74, 6) is 0.615. The first-order valence-corrected chi connectivity index (χ1v) is 12.7. The molecule has 0 aliphatic carbocycles. The molecule has 6 heteroatoms. The Bertz CT molecular complexity index is 767. The van der Waals surface area contributed by atoms with E-state index in [1.807, 2.05) is 42.2 Å². The Morgan fingerprint density at radius 2 is 1.85 bits per heavy atom. The Hall–Kier alpha value is -2.18. The molecule has 2 aliphatic rings. The van der Waals surface area contributed by atoms with Crippen molar-refractivity contribution in [3.63, 3.8) is 0 Å². The number of anilines is 1. The fourth-order valence-corrected chi connectivity index (χ4v) is 5.37. The first kappa shape index (κ1) is 25.4. The molecule has 2 fully saturated rings. The number of likely N-dealkylation sites (N-methyl/N-ethyl adjacent to an activating group) is 1. The van der Waals surface area contributed by atoms with Crippen LogP contribution in [0.25, 0.3) is 0 Å². The summed E-state index contributed by atoms with van der Waals surface area (Å²) in [7, 11) is 0. The van der Waals surface area contributed by atoms with Crippen molar-refractivity contribution in [2.45, 2.75) is 76.9 Å². The third kappa shape index (κ3) is 7.68. The van der Waals surface area contributed by atoms with Gasteiger partial charge in [0.05, 0.1) is 18.8 Å². The summed E-state index contributed by atoms with van der Waals surface area (Å²) in [5.41, 5.74) is 0.949. The van der Waals surface area contributed by atoms with Crippen LogP contribution in [0.3, 0.4) is 0 Å². The highest BCUT2D eigenvalue weighted by Gasteiger charge is 2.47. The number of carbonyl (C=O) groups excluding carboxylic acids is 1. The molecule has 1 aromatic rings. The second-order valence-corrected chi connectivity index (χ2v) is 9.26. The van der Waals surface area contributed by atoms with Crippen molar-refractivity contribution in [3.05, 3.63) is 42.5 Å².